The molecule has 274 valence electrons. The Morgan fingerprint density at radius 1 is 0.511 bits per heavy atom. The average Bonchev–Trinajstić information content (AvgIpc) is 3.07. The summed E-state index contributed by atoms with van der Waals surface area (Å²) in [5.41, 5.74) is 0. The van der Waals surface area contributed by atoms with Gasteiger partial charge in [0.05, 0.1) is 18.8 Å². The molecule has 47 heavy (non-hydrogen) atoms. The van der Waals surface area contributed by atoms with Crippen molar-refractivity contribution in [3.05, 3.63) is 48.6 Å². The zero-order valence-corrected chi connectivity index (χ0v) is 31.3. The normalized spacial score (nSPS) is 13.5. The number of allylic oxidation sites excluding steroid dienone is 7. The number of rotatable bonds is 36. The fourth-order valence-electron chi connectivity index (χ4n) is 5.87. The van der Waals surface area contributed by atoms with Crippen LogP contribution in [0.15, 0.2) is 48.6 Å². The monoisotopic (exact) mass is 658 g/mol. The summed E-state index contributed by atoms with van der Waals surface area (Å²) in [5.74, 6) is -0.0818. The third-order valence-corrected chi connectivity index (χ3v) is 9.03. The zero-order valence-electron chi connectivity index (χ0n) is 31.3. The summed E-state index contributed by atoms with van der Waals surface area (Å²) in [5, 5.41) is 22.8. The fourth-order valence-corrected chi connectivity index (χ4v) is 5.87. The first kappa shape index (κ1) is 45.3. The maximum absolute atomic E-state index is 12.3. The zero-order chi connectivity index (χ0) is 34.3. The second-order valence-electron chi connectivity index (χ2n) is 13.7. The van der Waals surface area contributed by atoms with Gasteiger partial charge in [-0.05, 0) is 64.2 Å². The smallest absolute Gasteiger partial charge is 0.220 e. The summed E-state index contributed by atoms with van der Waals surface area (Å²) in [6.45, 7) is 4.25. The van der Waals surface area contributed by atoms with Crippen LogP contribution >= 0.6 is 0 Å². The van der Waals surface area contributed by atoms with Crippen LogP contribution in [0.3, 0.4) is 0 Å². The molecule has 0 heterocycles. The molecule has 2 atom stereocenters. The van der Waals surface area contributed by atoms with Gasteiger partial charge in [-0.2, -0.15) is 0 Å². The molecule has 0 aliphatic carbocycles. The molecule has 0 fully saturated rings. The van der Waals surface area contributed by atoms with Crippen molar-refractivity contribution in [3.8, 4) is 0 Å². The number of unbranched alkanes of at least 4 members (excludes halogenated alkanes) is 23. The molecule has 0 aliphatic heterocycles. The number of aliphatic hydroxyl groups is 2. The van der Waals surface area contributed by atoms with Gasteiger partial charge in [0.2, 0.25) is 5.91 Å². The van der Waals surface area contributed by atoms with Gasteiger partial charge >= 0.3 is 0 Å². The van der Waals surface area contributed by atoms with Crippen molar-refractivity contribution in [1.82, 2.24) is 5.32 Å². The van der Waals surface area contributed by atoms with E-state index in [9.17, 15) is 15.0 Å². The third kappa shape index (κ3) is 35.5. The Balaban J connectivity index is 3.57. The first-order valence-electron chi connectivity index (χ1n) is 20.4. The van der Waals surface area contributed by atoms with Gasteiger partial charge in [0, 0.05) is 6.42 Å². The lowest BCUT2D eigenvalue weighted by Gasteiger charge is -2.19. The molecule has 0 spiro atoms. The molecule has 0 radical (unpaired) electrons. The lowest BCUT2D eigenvalue weighted by atomic mass is 10.1. The standard InChI is InChI=1S/C43H79NO3/c1-3-5-7-9-11-13-15-16-17-18-19-20-21-22-23-24-25-26-27-28-29-31-33-35-37-39-43(47)44-41(40-45)42(46)38-36-34-32-30-14-12-10-8-6-4-2/h14,19-20,22-23,30,36,38,41-42,45-46H,3-13,15-18,21,24-29,31-35,37,39-40H2,1-2H3,(H,44,47)/b20-19-,23-22-,30-14+,38-36+. The Bertz CT molecular complexity index is 756. The minimum Gasteiger partial charge on any atom is -0.394 e. The van der Waals surface area contributed by atoms with Gasteiger partial charge < -0.3 is 15.5 Å². The van der Waals surface area contributed by atoms with Crippen LogP contribution < -0.4 is 5.32 Å². The van der Waals surface area contributed by atoms with Crippen molar-refractivity contribution in [2.75, 3.05) is 6.61 Å². The van der Waals surface area contributed by atoms with Gasteiger partial charge in [0.15, 0.2) is 0 Å². The van der Waals surface area contributed by atoms with E-state index in [-0.39, 0.29) is 12.5 Å². The average molecular weight is 658 g/mol. The topological polar surface area (TPSA) is 69.6 Å². The van der Waals surface area contributed by atoms with E-state index in [1.165, 1.54) is 141 Å². The molecule has 4 heteroatoms. The molecule has 0 aromatic rings. The van der Waals surface area contributed by atoms with Crippen molar-refractivity contribution in [2.24, 2.45) is 0 Å². The number of nitrogens with one attached hydrogen (secondary N) is 1. The quantitative estimate of drug-likeness (QED) is 0.0464. The number of aliphatic hydroxyl groups excluding tert-OH is 2. The first-order chi connectivity index (χ1) is 23.2. The van der Waals surface area contributed by atoms with E-state index in [4.69, 9.17) is 0 Å². The van der Waals surface area contributed by atoms with E-state index < -0.39 is 12.1 Å². The second-order valence-corrected chi connectivity index (χ2v) is 13.7. The number of amides is 1. The van der Waals surface area contributed by atoms with Crippen LogP contribution in [0, 0.1) is 0 Å². The molecule has 0 aromatic carbocycles. The first-order valence-corrected chi connectivity index (χ1v) is 20.4. The highest BCUT2D eigenvalue weighted by atomic mass is 16.3. The molecule has 4 nitrogen and oxygen atoms in total. The summed E-state index contributed by atoms with van der Waals surface area (Å²) in [6.07, 6.45) is 52.2. The Morgan fingerprint density at radius 2 is 0.894 bits per heavy atom. The fraction of sp³-hybridized carbons (Fsp3) is 0.791. The number of hydrogen-bond donors (Lipinski definition) is 3. The molecule has 3 N–H and O–H groups in total. The highest BCUT2D eigenvalue weighted by Gasteiger charge is 2.17. The van der Waals surface area contributed by atoms with Crippen molar-refractivity contribution >= 4 is 5.91 Å². The van der Waals surface area contributed by atoms with Crippen LogP contribution in [-0.4, -0.2) is 34.9 Å². The van der Waals surface area contributed by atoms with E-state index in [0.717, 1.165) is 38.5 Å². The molecular weight excluding hydrogens is 578 g/mol. The maximum atomic E-state index is 12.3. The molecule has 0 rings (SSSR count). The molecule has 0 saturated heterocycles. The van der Waals surface area contributed by atoms with Crippen LogP contribution in [-0.2, 0) is 4.79 Å². The molecular formula is C43H79NO3. The highest BCUT2D eigenvalue weighted by Crippen LogP contribution is 2.13. The van der Waals surface area contributed by atoms with E-state index >= 15 is 0 Å². The molecule has 1 amide bonds. The van der Waals surface area contributed by atoms with Gasteiger partial charge in [-0.25, -0.2) is 0 Å². The molecule has 0 aromatic heterocycles. The molecule has 2 unspecified atom stereocenters. The van der Waals surface area contributed by atoms with Crippen molar-refractivity contribution in [3.63, 3.8) is 0 Å². The largest absolute Gasteiger partial charge is 0.394 e. The van der Waals surface area contributed by atoms with Crippen LogP contribution in [0.5, 0.6) is 0 Å². The third-order valence-electron chi connectivity index (χ3n) is 9.03. The minimum atomic E-state index is -0.862. The number of carbonyl (C=O) groups is 1. The lowest BCUT2D eigenvalue weighted by Crippen LogP contribution is -2.45. The van der Waals surface area contributed by atoms with Gasteiger partial charge in [-0.15, -0.1) is 0 Å². The lowest BCUT2D eigenvalue weighted by molar-refractivity contribution is -0.123. The number of hydrogen-bond acceptors (Lipinski definition) is 3. The van der Waals surface area contributed by atoms with Gasteiger partial charge in [0.25, 0.3) is 0 Å². The van der Waals surface area contributed by atoms with E-state index in [2.05, 4.69) is 55.6 Å². The Morgan fingerprint density at radius 3 is 1.38 bits per heavy atom. The summed E-state index contributed by atoms with van der Waals surface area (Å²) in [7, 11) is 0. The molecule has 0 aliphatic rings. The predicted octanol–water partition coefficient (Wildman–Crippen LogP) is 12.4. The van der Waals surface area contributed by atoms with Crippen LogP contribution in [0.25, 0.3) is 0 Å². The van der Waals surface area contributed by atoms with Crippen LogP contribution in [0.4, 0.5) is 0 Å². The van der Waals surface area contributed by atoms with Crippen LogP contribution in [0.2, 0.25) is 0 Å². The Kier molecular flexibility index (Phi) is 37.4. The van der Waals surface area contributed by atoms with E-state index in [0.29, 0.717) is 6.42 Å². The van der Waals surface area contributed by atoms with Gasteiger partial charge in [0.1, 0.15) is 0 Å². The predicted molar refractivity (Wildman–Crippen MR) is 207 cm³/mol. The number of carbonyl (C=O) groups excluding carboxylic acids is 1. The summed E-state index contributed by atoms with van der Waals surface area (Å²) in [4.78, 5) is 12.3. The summed E-state index contributed by atoms with van der Waals surface area (Å²) < 4.78 is 0. The summed E-state index contributed by atoms with van der Waals surface area (Å²) >= 11 is 0. The molecule has 0 saturated carbocycles. The van der Waals surface area contributed by atoms with E-state index in [1.807, 2.05) is 6.08 Å². The van der Waals surface area contributed by atoms with Gasteiger partial charge in [-0.1, -0.05) is 178 Å². The van der Waals surface area contributed by atoms with Crippen LogP contribution in [0.1, 0.15) is 200 Å². The highest BCUT2D eigenvalue weighted by molar-refractivity contribution is 5.76. The molecule has 0 bridgehead atoms. The van der Waals surface area contributed by atoms with Crippen molar-refractivity contribution in [2.45, 2.75) is 212 Å². The minimum absolute atomic E-state index is 0.0818. The summed E-state index contributed by atoms with van der Waals surface area (Å²) in [6, 6.07) is -0.639. The van der Waals surface area contributed by atoms with Gasteiger partial charge in [-0.3, -0.25) is 4.79 Å². The van der Waals surface area contributed by atoms with Crippen molar-refractivity contribution in [1.29, 1.82) is 0 Å². The maximum Gasteiger partial charge on any atom is 0.220 e. The van der Waals surface area contributed by atoms with Crippen molar-refractivity contribution < 1.29 is 15.0 Å². The Hall–Kier alpha value is -1.65. The Labute approximate surface area is 293 Å². The second kappa shape index (κ2) is 38.8. The van der Waals surface area contributed by atoms with E-state index in [1.54, 1.807) is 6.08 Å². The SMILES string of the molecule is CCCCCC/C=C/CC/C=C/C(O)C(CO)NC(=O)CCCCCCCCCCC/C=C\C/C=C\CCCCCCCCCCC.